The zero-order valence-electron chi connectivity index (χ0n) is 22.0. The Morgan fingerprint density at radius 3 is 2.32 bits per heavy atom. The number of rotatable bonds is 7. The van der Waals surface area contributed by atoms with Gasteiger partial charge in [0.25, 0.3) is 5.91 Å². The summed E-state index contributed by atoms with van der Waals surface area (Å²) in [6.07, 6.45) is 0. The van der Waals surface area contributed by atoms with Gasteiger partial charge in [0.15, 0.2) is 11.5 Å². The predicted molar refractivity (Wildman–Crippen MR) is 146 cm³/mol. The largest absolute Gasteiger partial charge is 0.508 e. The van der Waals surface area contributed by atoms with Crippen molar-refractivity contribution in [3.05, 3.63) is 65.9 Å². The summed E-state index contributed by atoms with van der Waals surface area (Å²) in [5, 5.41) is 17.9. The molecule has 3 aromatic rings. The molecule has 0 radical (unpaired) electrons. The lowest BCUT2D eigenvalue weighted by Crippen LogP contribution is -2.46. The van der Waals surface area contributed by atoms with Gasteiger partial charge in [-0.1, -0.05) is 24.3 Å². The standard InChI is InChI=1S/C27H33N5O5S/c1-27(2,3)38(35,36)30-26(34)23-10-11-25(29-28-23)32-14-12-31(13-15-32)18-21-9-8-20(17-24(21)37-4)19-6-5-7-22(33)16-19/h5-11,16-17,33H,12-15,18H2,1-4H3,(H,30,34). The van der Waals surface area contributed by atoms with Crippen molar-refractivity contribution in [3.63, 3.8) is 0 Å². The van der Waals surface area contributed by atoms with Crippen LogP contribution in [0.1, 0.15) is 36.8 Å². The first-order valence-electron chi connectivity index (χ1n) is 12.3. The number of nitrogens with one attached hydrogen (secondary N) is 1. The van der Waals surface area contributed by atoms with Gasteiger partial charge in [0.05, 0.1) is 11.9 Å². The summed E-state index contributed by atoms with van der Waals surface area (Å²) in [7, 11) is -2.18. The average molecular weight is 540 g/mol. The van der Waals surface area contributed by atoms with Crippen LogP contribution in [0.5, 0.6) is 11.5 Å². The summed E-state index contributed by atoms with van der Waals surface area (Å²) < 4.78 is 31.1. The Morgan fingerprint density at radius 1 is 1.00 bits per heavy atom. The van der Waals surface area contributed by atoms with Gasteiger partial charge in [-0.15, -0.1) is 10.2 Å². The SMILES string of the molecule is COc1cc(-c2cccc(O)c2)ccc1CN1CCN(c2ccc(C(=O)NS(=O)(=O)C(C)(C)C)nn2)CC1. The number of carbonyl (C=O) groups is 1. The minimum atomic E-state index is -3.83. The van der Waals surface area contributed by atoms with E-state index >= 15 is 0 Å². The van der Waals surface area contributed by atoms with Crippen molar-refractivity contribution in [1.82, 2.24) is 19.8 Å². The Bertz CT molecular complexity index is 1400. The van der Waals surface area contributed by atoms with Gasteiger partial charge in [0.1, 0.15) is 11.5 Å². The highest BCUT2D eigenvalue weighted by Gasteiger charge is 2.31. The van der Waals surface area contributed by atoms with E-state index in [2.05, 4.69) is 30.8 Å². The maximum absolute atomic E-state index is 12.3. The molecular formula is C27H33N5O5S. The molecule has 0 atom stereocenters. The Kier molecular flexibility index (Phi) is 7.89. The first-order chi connectivity index (χ1) is 18.0. The lowest BCUT2D eigenvalue weighted by Gasteiger charge is -2.35. The molecule has 1 aliphatic rings. The van der Waals surface area contributed by atoms with Crippen molar-refractivity contribution >= 4 is 21.7 Å². The van der Waals surface area contributed by atoms with Gasteiger partial charge < -0.3 is 14.7 Å². The molecular weight excluding hydrogens is 506 g/mol. The number of aromatic nitrogens is 2. The summed E-state index contributed by atoms with van der Waals surface area (Å²) in [6.45, 7) is 8.31. The third-order valence-electron chi connectivity index (χ3n) is 6.47. The number of phenolic OH excluding ortho intramolecular Hbond substituents is 1. The van der Waals surface area contributed by atoms with Crippen molar-refractivity contribution in [2.75, 3.05) is 38.2 Å². The summed E-state index contributed by atoms with van der Waals surface area (Å²) >= 11 is 0. The molecule has 10 nitrogen and oxygen atoms in total. The molecule has 0 spiro atoms. The summed E-state index contributed by atoms with van der Waals surface area (Å²) in [5.41, 5.74) is 2.91. The smallest absolute Gasteiger partial charge is 0.285 e. The van der Waals surface area contributed by atoms with Crippen molar-refractivity contribution in [2.45, 2.75) is 32.1 Å². The van der Waals surface area contributed by atoms with Gasteiger partial charge >= 0.3 is 0 Å². The molecule has 4 rings (SSSR count). The van der Waals surface area contributed by atoms with Gasteiger partial charge in [-0.25, -0.2) is 13.1 Å². The number of methoxy groups -OCH3 is 1. The Labute approximate surface area is 223 Å². The molecule has 0 unspecified atom stereocenters. The second-order valence-corrected chi connectivity index (χ2v) is 12.6. The molecule has 202 valence electrons. The maximum Gasteiger partial charge on any atom is 0.285 e. The molecule has 1 saturated heterocycles. The zero-order valence-corrected chi connectivity index (χ0v) is 22.8. The van der Waals surface area contributed by atoms with E-state index in [1.165, 1.54) is 26.8 Å². The monoisotopic (exact) mass is 539 g/mol. The number of phenols is 1. The highest BCUT2D eigenvalue weighted by atomic mass is 32.2. The van der Waals surface area contributed by atoms with Crippen LogP contribution in [0.15, 0.2) is 54.6 Å². The van der Waals surface area contributed by atoms with Crippen LogP contribution in [0.3, 0.4) is 0 Å². The van der Waals surface area contributed by atoms with Gasteiger partial charge in [0, 0.05) is 38.3 Å². The molecule has 38 heavy (non-hydrogen) atoms. The maximum atomic E-state index is 12.3. The zero-order chi connectivity index (χ0) is 27.5. The number of amides is 1. The molecule has 0 saturated carbocycles. The number of piperazine rings is 1. The van der Waals surface area contributed by atoms with Crippen molar-refractivity contribution in [1.29, 1.82) is 0 Å². The van der Waals surface area contributed by atoms with E-state index in [0.717, 1.165) is 55.2 Å². The molecule has 1 fully saturated rings. The number of carbonyl (C=O) groups excluding carboxylic acids is 1. The predicted octanol–water partition coefficient (Wildman–Crippen LogP) is 3.04. The first kappa shape index (κ1) is 27.3. The van der Waals surface area contributed by atoms with Crippen LogP contribution in [0, 0.1) is 0 Å². The van der Waals surface area contributed by atoms with Crippen molar-refractivity contribution < 1.29 is 23.1 Å². The molecule has 2 aromatic carbocycles. The number of ether oxygens (including phenoxy) is 1. The second kappa shape index (κ2) is 11.0. The summed E-state index contributed by atoms with van der Waals surface area (Å²) in [5.74, 6) is 0.849. The van der Waals surface area contributed by atoms with Crippen molar-refractivity contribution in [2.24, 2.45) is 0 Å². The Morgan fingerprint density at radius 2 is 1.71 bits per heavy atom. The highest BCUT2D eigenvalue weighted by molar-refractivity contribution is 7.91. The molecule has 1 amide bonds. The minimum Gasteiger partial charge on any atom is -0.508 e. The fourth-order valence-electron chi connectivity index (χ4n) is 4.06. The fourth-order valence-corrected chi connectivity index (χ4v) is 4.71. The molecule has 11 heteroatoms. The molecule has 0 aliphatic carbocycles. The molecule has 1 aliphatic heterocycles. The van der Waals surface area contributed by atoms with E-state index in [1.807, 2.05) is 24.3 Å². The van der Waals surface area contributed by atoms with Crippen LogP contribution >= 0.6 is 0 Å². The number of aromatic hydroxyl groups is 1. The Balaban J connectivity index is 1.35. The number of benzene rings is 2. The molecule has 0 bridgehead atoms. The number of hydrogen-bond donors (Lipinski definition) is 2. The van der Waals surface area contributed by atoms with E-state index in [0.29, 0.717) is 5.82 Å². The third kappa shape index (κ3) is 6.22. The van der Waals surface area contributed by atoms with Crippen LogP contribution in [0.2, 0.25) is 0 Å². The topological polar surface area (TPSA) is 125 Å². The van der Waals surface area contributed by atoms with E-state index < -0.39 is 20.7 Å². The second-order valence-electron chi connectivity index (χ2n) is 10.2. The van der Waals surface area contributed by atoms with E-state index in [1.54, 1.807) is 25.3 Å². The van der Waals surface area contributed by atoms with E-state index in [-0.39, 0.29) is 11.4 Å². The minimum absolute atomic E-state index is 0.0542. The third-order valence-corrected chi connectivity index (χ3v) is 8.54. The Hall–Kier alpha value is -3.70. The first-order valence-corrected chi connectivity index (χ1v) is 13.8. The lowest BCUT2D eigenvalue weighted by molar-refractivity contribution is 0.0974. The van der Waals surface area contributed by atoms with Gasteiger partial charge in [-0.3, -0.25) is 9.69 Å². The normalized spacial score (nSPS) is 14.8. The van der Waals surface area contributed by atoms with Gasteiger partial charge in [0.2, 0.25) is 10.0 Å². The van der Waals surface area contributed by atoms with Gasteiger partial charge in [-0.2, -0.15) is 0 Å². The van der Waals surface area contributed by atoms with Crippen LogP contribution in [0.25, 0.3) is 11.1 Å². The number of sulfonamides is 1. The van der Waals surface area contributed by atoms with Crippen LogP contribution in [-0.2, 0) is 16.6 Å². The quantitative estimate of drug-likeness (QED) is 0.466. The summed E-state index contributed by atoms with van der Waals surface area (Å²) in [4.78, 5) is 16.8. The van der Waals surface area contributed by atoms with Crippen LogP contribution < -0.4 is 14.4 Å². The molecule has 1 aromatic heterocycles. The van der Waals surface area contributed by atoms with E-state index in [4.69, 9.17) is 4.74 Å². The van der Waals surface area contributed by atoms with Crippen LogP contribution in [-0.4, -0.2) is 72.6 Å². The molecule has 2 N–H and O–H groups in total. The van der Waals surface area contributed by atoms with Crippen molar-refractivity contribution in [3.8, 4) is 22.6 Å². The summed E-state index contributed by atoms with van der Waals surface area (Å²) in [6, 6.07) is 16.4. The number of nitrogens with zero attached hydrogens (tertiary/aromatic N) is 4. The lowest BCUT2D eigenvalue weighted by atomic mass is 10.0. The number of anilines is 1. The highest BCUT2D eigenvalue weighted by Crippen LogP contribution is 2.30. The fraction of sp³-hybridized carbons (Fsp3) is 0.370. The van der Waals surface area contributed by atoms with Gasteiger partial charge in [-0.05, 0) is 62.2 Å². The van der Waals surface area contributed by atoms with E-state index in [9.17, 15) is 18.3 Å². The van der Waals surface area contributed by atoms with Crippen LogP contribution in [0.4, 0.5) is 5.82 Å². The number of hydrogen-bond acceptors (Lipinski definition) is 9. The average Bonchev–Trinajstić information content (AvgIpc) is 2.88. The molecule has 2 heterocycles.